The molecule has 1 aliphatic rings. The van der Waals surface area contributed by atoms with Gasteiger partial charge in [-0.05, 0) is 31.8 Å². The van der Waals surface area contributed by atoms with Crippen molar-refractivity contribution in [2.45, 2.75) is 26.2 Å². The minimum Gasteiger partial charge on any atom is -0.355 e. The van der Waals surface area contributed by atoms with Crippen molar-refractivity contribution in [3.63, 3.8) is 0 Å². The van der Waals surface area contributed by atoms with Gasteiger partial charge in [0.2, 0.25) is 11.8 Å². The standard InChI is InChI=1S/C11H21N3O2/c1-9(15)13-6-7-14-11(16)3-2-10-4-5-12-8-10/h10,12H,2-8H2,1H3,(H,13,15)(H,14,16). The lowest BCUT2D eigenvalue weighted by Gasteiger charge is -2.08. The summed E-state index contributed by atoms with van der Waals surface area (Å²) in [6, 6.07) is 0. The van der Waals surface area contributed by atoms with Crippen LogP contribution in [0.5, 0.6) is 0 Å². The summed E-state index contributed by atoms with van der Waals surface area (Å²) >= 11 is 0. The number of hydrogen-bond donors (Lipinski definition) is 3. The normalized spacial score (nSPS) is 19.4. The molecule has 92 valence electrons. The van der Waals surface area contributed by atoms with Crippen LogP contribution in [0.25, 0.3) is 0 Å². The van der Waals surface area contributed by atoms with Gasteiger partial charge in [0.1, 0.15) is 0 Å². The summed E-state index contributed by atoms with van der Waals surface area (Å²) in [5.74, 6) is 0.671. The zero-order chi connectivity index (χ0) is 11.8. The predicted octanol–water partition coefficient (Wildman–Crippen LogP) is -0.372. The van der Waals surface area contributed by atoms with E-state index in [0.717, 1.165) is 19.5 Å². The molecule has 1 heterocycles. The Bertz CT molecular complexity index is 237. The van der Waals surface area contributed by atoms with Crippen molar-refractivity contribution in [2.24, 2.45) is 5.92 Å². The van der Waals surface area contributed by atoms with E-state index in [1.54, 1.807) is 0 Å². The van der Waals surface area contributed by atoms with Crippen LogP contribution in [0.3, 0.4) is 0 Å². The third-order valence-electron chi connectivity index (χ3n) is 2.76. The van der Waals surface area contributed by atoms with E-state index in [1.165, 1.54) is 13.3 Å². The summed E-state index contributed by atoms with van der Waals surface area (Å²) in [5, 5.41) is 8.70. The monoisotopic (exact) mass is 227 g/mol. The van der Waals surface area contributed by atoms with Crippen LogP contribution < -0.4 is 16.0 Å². The Morgan fingerprint density at radius 1 is 1.31 bits per heavy atom. The first-order valence-corrected chi connectivity index (χ1v) is 5.90. The minimum atomic E-state index is -0.0636. The highest BCUT2D eigenvalue weighted by atomic mass is 16.2. The molecule has 0 aromatic rings. The maximum atomic E-state index is 11.4. The van der Waals surface area contributed by atoms with Crippen LogP contribution in [-0.4, -0.2) is 38.0 Å². The van der Waals surface area contributed by atoms with Crippen molar-refractivity contribution in [1.29, 1.82) is 0 Å². The second-order valence-corrected chi connectivity index (χ2v) is 4.23. The van der Waals surface area contributed by atoms with Crippen LogP contribution in [0, 0.1) is 5.92 Å². The number of carbonyl (C=O) groups excluding carboxylic acids is 2. The Labute approximate surface area is 96.4 Å². The second-order valence-electron chi connectivity index (χ2n) is 4.23. The number of carbonyl (C=O) groups is 2. The van der Waals surface area contributed by atoms with Gasteiger partial charge in [0.25, 0.3) is 0 Å². The van der Waals surface area contributed by atoms with Crippen molar-refractivity contribution in [1.82, 2.24) is 16.0 Å². The molecular formula is C11H21N3O2. The largest absolute Gasteiger partial charge is 0.355 e. The van der Waals surface area contributed by atoms with Crippen LogP contribution in [0.4, 0.5) is 0 Å². The van der Waals surface area contributed by atoms with Gasteiger partial charge in [-0.1, -0.05) is 0 Å². The van der Waals surface area contributed by atoms with Crippen molar-refractivity contribution < 1.29 is 9.59 Å². The molecule has 0 aliphatic carbocycles. The quantitative estimate of drug-likeness (QED) is 0.542. The van der Waals surface area contributed by atoms with Gasteiger partial charge in [-0.15, -0.1) is 0 Å². The predicted molar refractivity (Wildman–Crippen MR) is 61.9 cm³/mol. The molecule has 5 heteroatoms. The number of nitrogens with one attached hydrogen (secondary N) is 3. The molecule has 16 heavy (non-hydrogen) atoms. The van der Waals surface area contributed by atoms with Gasteiger partial charge in [-0.3, -0.25) is 9.59 Å². The van der Waals surface area contributed by atoms with E-state index in [9.17, 15) is 9.59 Å². The van der Waals surface area contributed by atoms with Gasteiger partial charge in [0.05, 0.1) is 0 Å². The Kier molecular flexibility index (Phi) is 5.85. The molecule has 1 fully saturated rings. The van der Waals surface area contributed by atoms with Crippen LogP contribution >= 0.6 is 0 Å². The molecule has 2 amide bonds. The first-order chi connectivity index (χ1) is 7.68. The molecule has 0 bridgehead atoms. The fraction of sp³-hybridized carbons (Fsp3) is 0.818. The average molecular weight is 227 g/mol. The molecule has 0 radical (unpaired) electrons. The smallest absolute Gasteiger partial charge is 0.220 e. The van der Waals surface area contributed by atoms with Crippen molar-refractivity contribution in [3.05, 3.63) is 0 Å². The van der Waals surface area contributed by atoms with E-state index < -0.39 is 0 Å². The lowest BCUT2D eigenvalue weighted by molar-refractivity contribution is -0.122. The third-order valence-corrected chi connectivity index (χ3v) is 2.76. The number of rotatable bonds is 6. The summed E-state index contributed by atoms with van der Waals surface area (Å²) in [6.07, 6.45) is 2.73. The zero-order valence-electron chi connectivity index (χ0n) is 9.84. The highest BCUT2D eigenvalue weighted by molar-refractivity contribution is 5.76. The first kappa shape index (κ1) is 13.0. The van der Waals surface area contributed by atoms with Crippen LogP contribution in [0.1, 0.15) is 26.2 Å². The molecule has 1 rings (SSSR count). The molecule has 3 N–H and O–H groups in total. The maximum Gasteiger partial charge on any atom is 0.220 e. The van der Waals surface area contributed by atoms with Gasteiger partial charge in [0.15, 0.2) is 0 Å². The molecule has 5 nitrogen and oxygen atoms in total. The Morgan fingerprint density at radius 3 is 2.69 bits per heavy atom. The number of amides is 2. The molecule has 0 spiro atoms. The molecule has 0 aromatic heterocycles. The van der Waals surface area contributed by atoms with E-state index in [-0.39, 0.29) is 11.8 Å². The van der Waals surface area contributed by atoms with Crippen molar-refractivity contribution in [3.8, 4) is 0 Å². The van der Waals surface area contributed by atoms with E-state index >= 15 is 0 Å². The summed E-state index contributed by atoms with van der Waals surface area (Å²) in [5.41, 5.74) is 0. The van der Waals surface area contributed by atoms with E-state index in [2.05, 4.69) is 16.0 Å². The zero-order valence-corrected chi connectivity index (χ0v) is 9.84. The van der Waals surface area contributed by atoms with Crippen molar-refractivity contribution >= 4 is 11.8 Å². The summed E-state index contributed by atoms with van der Waals surface area (Å²) in [7, 11) is 0. The fourth-order valence-electron chi connectivity index (χ4n) is 1.82. The van der Waals surface area contributed by atoms with E-state index in [0.29, 0.717) is 25.4 Å². The Hall–Kier alpha value is -1.10. The van der Waals surface area contributed by atoms with Gasteiger partial charge in [-0.25, -0.2) is 0 Å². The van der Waals surface area contributed by atoms with Crippen LogP contribution in [0.2, 0.25) is 0 Å². The second kappa shape index (κ2) is 7.22. The van der Waals surface area contributed by atoms with Crippen molar-refractivity contribution in [2.75, 3.05) is 26.2 Å². The topological polar surface area (TPSA) is 70.2 Å². The van der Waals surface area contributed by atoms with Crippen LogP contribution in [-0.2, 0) is 9.59 Å². The van der Waals surface area contributed by atoms with Gasteiger partial charge in [-0.2, -0.15) is 0 Å². The summed E-state index contributed by atoms with van der Waals surface area (Å²) in [4.78, 5) is 22.0. The summed E-state index contributed by atoms with van der Waals surface area (Å²) < 4.78 is 0. The molecule has 0 saturated carbocycles. The Morgan fingerprint density at radius 2 is 2.06 bits per heavy atom. The molecule has 0 aromatic carbocycles. The van der Waals surface area contributed by atoms with Gasteiger partial charge < -0.3 is 16.0 Å². The molecule has 1 aliphatic heterocycles. The fourth-order valence-corrected chi connectivity index (χ4v) is 1.82. The SMILES string of the molecule is CC(=O)NCCNC(=O)CCC1CCNC1. The lowest BCUT2D eigenvalue weighted by Crippen LogP contribution is -2.33. The first-order valence-electron chi connectivity index (χ1n) is 5.90. The maximum absolute atomic E-state index is 11.4. The van der Waals surface area contributed by atoms with E-state index in [1.807, 2.05) is 0 Å². The molecule has 1 saturated heterocycles. The van der Waals surface area contributed by atoms with Gasteiger partial charge in [0, 0.05) is 26.4 Å². The lowest BCUT2D eigenvalue weighted by atomic mass is 10.0. The average Bonchev–Trinajstić information content (AvgIpc) is 2.74. The summed E-state index contributed by atoms with van der Waals surface area (Å²) in [6.45, 7) is 4.61. The Balaban J connectivity index is 1.95. The molecule has 1 unspecified atom stereocenters. The van der Waals surface area contributed by atoms with Crippen LogP contribution in [0.15, 0.2) is 0 Å². The minimum absolute atomic E-state index is 0.0636. The highest BCUT2D eigenvalue weighted by Gasteiger charge is 2.15. The van der Waals surface area contributed by atoms with Gasteiger partial charge >= 0.3 is 0 Å². The number of hydrogen-bond acceptors (Lipinski definition) is 3. The highest BCUT2D eigenvalue weighted by Crippen LogP contribution is 2.13. The van der Waals surface area contributed by atoms with E-state index in [4.69, 9.17) is 0 Å². The third kappa shape index (κ3) is 5.70. The molecular weight excluding hydrogens is 206 g/mol. The molecule has 1 atom stereocenters.